The Morgan fingerprint density at radius 2 is 1.33 bits per heavy atom. The maximum absolute atomic E-state index is 14.0. The number of hydrogen-bond donors (Lipinski definition) is 1. The summed E-state index contributed by atoms with van der Waals surface area (Å²) in [6.07, 6.45) is -6.12. The molecule has 0 unspecified atom stereocenters. The van der Waals surface area contributed by atoms with Crippen LogP contribution in [0.5, 0.6) is 11.5 Å². The number of benzene rings is 5. The molecule has 0 radical (unpaired) electrons. The van der Waals surface area contributed by atoms with Gasteiger partial charge in [0.25, 0.3) is 10.0 Å². The van der Waals surface area contributed by atoms with Crippen molar-refractivity contribution >= 4 is 21.7 Å². The average molecular weight is 648 g/mol. The van der Waals surface area contributed by atoms with Gasteiger partial charge in [-0.2, -0.15) is 0 Å². The molecule has 5 rings (SSSR count). The lowest BCUT2D eigenvalue weighted by Gasteiger charge is -2.26. The lowest BCUT2D eigenvalue weighted by molar-refractivity contribution is -0.274. The van der Waals surface area contributed by atoms with Crippen LogP contribution in [0.3, 0.4) is 0 Å². The highest BCUT2D eigenvalue weighted by molar-refractivity contribution is 7.92. The predicted molar refractivity (Wildman–Crippen MR) is 167 cm³/mol. The molecule has 0 aliphatic heterocycles. The molecular formula is C35H28F3NO6S. The first-order valence-corrected chi connectivity index (χ1v) is 15.5. The standard InChI is InChI=1S/C35H28F3NO6S/c36-35(37,38)45-30-18-20-32(21-19-30)46(42,43)39(24-26-14-16-28(17-15-26)27-10-5-2-6-11-27)29-12-7-13-31(23-29)44-33(34(40)41)22-25-8-3-1-4-9-25/h1-21,23,33H,22,24H2,(H,40,41)/t33-/m0/s1. The molecule has 0 aromatic heterocycles. The van der Waals surface area contributed by atoms with Gasteiger partial charge in [0.2, 0.25) is 0 Å². The summed E-state index contributed by atoms with van der Waals surface area (Å²) in [6.45, 7) is -0.145. The minimum atomic E-state index is -4.94. The van der Waals surface area contributed by atoms with Gasteiger partial charge in [0.15, 0.2) is 6.10 Å². The van der Waals surface area contributed by atoms with Crippen LogP contribution in [0.25, 0.3) is 11.1 Å². The molecule has 0 aliphatic rings. The van der Waals surface area contributed by atoms with E-state index < -0.39 is 34.2 Å². The minimum Gasteiger partial charge on any atom is -0.478 e. The van der Waals surface area contributed by atoms with Crippen LogP contribution in [0.1, 0.15) is 11.1 Å². The zero-order valence-corrected chi connectivity index (χ0v) is 25.0. The van der Waals surface area contributed by atoms with E-state index in [-0.39, 0.29) is 29.3 Å². The molecule has 11 heteroatoms. The number of hydrogen-bond acceptors (Lipinski definition) is 5. The molecule has 0 saturated carbocycles. The van der Waals surface area contributed by atoms with E-state index in [0.717, 1.165) is 45.3 Å². The van der Waals surface area contributed by atoms with Gasteiger partial charge in [0.1, 0.15) is 11.5 Å². The van der Waals surface area contributed by atoms with Crippen LogP contribution in [0.2, 0.25) is 0 Å². The maximum Gasteiger partial charge on any atom is 0.573 e. The number of nitrogens with zero attached hydrogens (tertiary/aromatic N) is 1. The van der Waals surface area contributed by atoms with Crippen molar-refractivity contribution in [1.82, 2.24) is 0 Å². The molecule has 5 aromatic rings. The Morgan fingerprint density at radius 1 is 0.717 bits per heavy atom. The van der Waals surface area contributed by atoms with Crippen LogP contribution in [0.15, 0.2) is 138 Å². The summed E-state index contributed by atoms with van der Waals surface area (Å²) in [7, 11) is -4.36. The third-order valence-electron chi connectivity index (χ3n) is 6.96. The van der Waals surface area contributed by atoms with Crippen LogP contribution >= 0.6 is 0 Å². The monoisotopic (exact) mass is 647 g/mol. The fraction of sp³-hybridized carbons (Fsp3) is 0.114. The van der Waals surface area contributed by atoms with E-state index in [9.17, 15) is 31.5 Å². The first-order chi connectivity index (χ1) is 22.0. The normalized spacial score (nSPS) is 12.2. The molecule has 1 N–H and O–H groups in total. The van der Waals surface area contributed by atoms with Crippen LogP contribution < -0.4 is 13.8 Å². The summed E-state index contributed by atoms with van der Waals surface area (Å²) in [4.78, 5) is 11.8. The quantitative estimate of drug-likeness (QED) is 0.149. The number of halogens is 3. The van der Waals surface area contributed by atoms with Gasteiger partial charge in [-0.25, -0.2) is 13.2 Å². The van der Waals surface area contributed by atoms with Crippen molar-refractivity contribution in [2.24, 2.45) is 0 Å². The Balaban J connectivity index is 1.48. The number of carboxylic acid groups (broad SMARTS) is 1. The lowest BCUT2D eigenvalue weighted by atomic mass is 10.0. The molecule has 0 bridgehead atoms. The van der Waals surface area contributed by atoms with Crippen molar-refractivity contribution in [1.29, 1.82) is 0 Å². The van der Waals surface area contributed by atoms with Gasteiger partial charge in [-0.1, -0.05) is 91.0 Å². The molecule has 0 aliphatic carbocycles. The van der Waals surface area contributed by atoms with Crippen molar-refractivity contribution in [3.05, 3.63) is 145 Å². The second kappa shape index (κ2) is 13.8. The zero-order chi connectivity index (χ0) is 32.7. The number of ether oxygens (including phenoxy) is 2. The molecule has 0 saturated heterocycles. The second-order valence-electron chi connectivity index (χ2n) is 10.2. The van der Waals surface area contributed by atoms with Crippen molar-refractivity contribution in [3.63, 3.8) is 0 Å². The summed E-state index contributed by atoms with van der Waals surface area (Å²) < 4.78 is 77.0. The van der Waals surface area contributed by atoms with Gasteiger partial charge in [0.05, 0.1) is 17.1 Å². The highest BCUT2D eigenvalue weighted by Gasteiger charge is 2.32. The fourth-order valence-corrected chi connectivity index (χ4v) is 6.18. The molecule has 7 nitrogen and oxygen atoms in total. The van der Waals surface area contributed by atoms with Gasteiger partial charge in [-0.05, 0) is 58.7 Å². The number of aliphatic carboxylic acids is 1. The second-order valence-corrected chi connectivity index (χ2v) is 12.1. The van der Waals surface area contributed by atoms with Crippen LogP contribution in [0.4, 0.5) is 18.9 Å². The van der Waals surface area contributed by atoms with Crippen LogP contribution in [-0.4, -0.2) is 32.0 Å². The number of rotatable bonds is 12. The molecule has 0 spiro atoms. The molecule has 5 aromatic carbocycles. The Morgan fingerprint density at radius 3 is 1.93 bits per heavy atom. The van der Waals surface area contributed by atoms with E-state index in [0.29, 0.717) is 5.56 Å². The first-order valence-electron chi connectivity index (χ1n) is 14.0. The fourth-order valence-electron chi connectivity index (χ4n) is 4.74. The third-order valence-corrected chi connectivity index (χ3v) is 8.74. The van der Waals surface area contributed by atoms with E-state index in [1.807, 2.05) is 48.5 Å². The predicted octanol–water partition coefficient (Wildman–Crippen LogP) is 7.72. The molecule has 0 amide bonds. The minimum absolute atomic E-state index is 0.0719. The molecule has 0 fully saturated rings. The van der Waals surface area contributed by atoms with E-state index in [1.165, 1.54) is 24.3 Å². The van der Waals surface area contributed by atoms with Gasteiger partial charge in [0, 0.05) is 12.5 Å². The van der Waals surface area contributed by atoms with Crippen molar-refractivity contribution in [2.75, 3.05) is 4.31 Å². The number of carboxylic acids is 1. The van der Waals surface area contributed by atoms with E-state index in [1.54, 1.807) is 36.4 Å². The van der Waals surface area contributed by atoms with E-state index >= 15 is 0 Å². The molecular weight excluding hydrogens is 619 g/mol. The van der Waals surface area contributed by atoms with Crippen molar-refractivity contribution in [3.8, 4) is 22.6 Å². The van der Waals surface area contributed by atoms with Gasteiger partial charge < -0.3 is 14.6 Å². The molecule has 236 valence electrons. The van der Waals surface area contributed by atoms with Gasteiger partial charge >= 0.3 is 12.3 Å². The van der Waals surface area contributed by atoms with Gasteiger partial charge in [-0.15, -0.1) is 13.2 Å². The number of sulfonamides is 1. The van der Waals surface area contributed by atoms with Crippen molar-refractivity contribution < 1.29 is 41.0 Å². The smallest absolute Gasteiger partial charge is 0.478 e. The lowest BCUT2D eigenvalue weighted by Crippen LogP contribution is -2.31. The largest absolute Gasteiger partial charge is 0.573 e. The van der Waals surface area contributed by atoms with E-state index in [4.69, 9.17) is 4.74 Å². The highest BCUT2D eigenvalue weighted by Crippen LogP contribution is 2.32. The highest BCUT2D eigenvalue weighted by atomic mass is 32.2. The summed E-state index contributed by atoms with van der Waals surface area (Å²) in [6, 6.07) is 35.7. The van der Waals surface area contributed by atoms with E-state index in [2.05, 4.69) is 4.74 Å². The molecule has 46 heavy (non-hydrogen) atoms. The summed E-state index contributed by atoms with van der Waals surface area (Å²) in [5.41, 5.74) is 3.43. The maximum atomic E-state index is 14.0. The van der Waals surface area contributed by atoms with Gasteiger partial charge in [-0.3, -0.25) is 4.31 Å². The van der Waals surface area contributed by atoms with Crippen LogP contribution in [0, 0.1) is 0 Å². The third kappa shape index (κ3) is 8.24. The SMILES string of the molecule is O=C(O)[C@H](Cc1ccccc1)Oc1cccc(N(Cc2ccc(-c3ccccc3)cc2)S(=O)(=O)c2ccc(OC(F)(F)F)cc2)c1. The Bertz CT molecular complexity index is 1870. The van der Waals surface area contributed by atoms with Crippen molar-refractivity contribution in [2.45, 2.75) is 30.3 Å². The number of carbonyl (C=O) groups is 1. The Hall–Kier alpha value is -5.29. The number of anilines is 1. The number of alkyl halides is 3. The zero-order valence-electron chi connectivity index (χ0n) is 24.2. The molecule has 0 heterocycles. The molecule has 1 atom stereocenters. The first kappa shape index (κ1) is 32.1. The Kier molecular flexibility index (Phi) is 9.62. The van der Waals surface area contributed by atoms with Crippen LogP contribution in [-0.2, 0) is 27.8 Å². The summed E-state index contributed by atoms with van der Waals surface area (Å²) in [5, 5.41) is 9.83. The topological polar surface area (TPSA) is 93.1 Å². The average Bonchev–Trinajstić information content (AvgIpc) is 3.04. The summed E-state index contributed by atoms with van der Waals surface area (Å²) in [5.74, 6) is -1.64. The summed E-state index contributed by atoms with van der Waals surface area (Å²) >= 11 is 0. The Labute approximate surface area is 264 Å².